The van der Waals surface area contributed by atoms with Crippen molar-refractivity contribution in [2.24, 2.45) is 0 Å². The lowest BCUT2D eigenvalue weighted by Crippen LogP contribution is -3.14. The van der Waals surface area contributed by atoms with Crippen molar-refractivity contribution in [2.75, 3.05) is 32.8 Å². The van der Waals surface area contributed by atoms with E-state index in [2.05, 4.69) is 76.5 Å². The number of benzene rings is 2. The molecule has 1 aliphatic heterocycles. The van der Waals surface area contributed by atoms with Gasteiger partial charge >= 0.3 is 5.78 Å². The minimum absolute atomic E-state index is 0.880. The van der Waals surface area contributed by atoms with Crippen LogP contribution in [0.15, 0.2) is 48.7 Å². The maximum Gasteiger partial charge on any atom is 0.368 e. The summed E-state index contributed by atoms with van der Waals surface area (Å²) in [6, 6.07) is 15.3. The third-order valence-electron chi connectivity index (χ3n) is 5.99. The summed E-state index contributed by atoms with van der Waals surface area (Å²) in [5.74, 6) is 1.16. The first kappa shape index (κ1) is 17.5. The molecule has 1 fully saturated rings. The molecule has 3 heterocycles. The zero-order valence-electron chi connectivity index (χ0n) is 16.7. The maximum atomic E-state index is 5.51. The van der Waals surface area contributed by atoms with Gasteiger partial charge in [0.05, 0.1) is 13.2 Å². The number of H-pyrrole nitrogens is 1. The Hall–Kier alpha value is -2.63. The molecule has 2 aromatic heterocycles. The summed E-state index contributed by atoms with van der Waals surface area (Å²) in [5, 5.41) is 0. The number of para-hydroxylation sites is 2. The number of imidazole rings is 2. The molecule has 28 heavy (non-hydrogen) atoms. The Morgan fingerprint density at radius 3 is 2.79 bits per heavy atom. The normalized spacial score (nSPS) is 15.6. The molecule has 0 aliphatic carbocycles. The van der Waals surface area contributed by atoms with Crippen molar-refractivity contribution in [3.63, 3.8) is 0 Å². The fourth-order valence-electron chi connectivity index (χ4n) is 4.36. The Bertz CT molecular complexity index is 1130. The van der Waals surface area contributed by atoms with Gasteiger partial charge in [-0.3, -0.25) is 0 Å². The summed E-state index contributed by atoms with van der Waals surface area (Å²) in [6.45, 7) is 10.4. The second-order valence-corrected chi connectivity index (χ2v) is 7.93. The van der Waals surface area contributed by atoms with Crippen molar-refractivity contribution in [3.05, 3.63) is 59.8 Å². The van der Waals surface area contributed by atoms with Crippen LogP contribution in [0.4, 0.5) is 0 Å². The van der Waals surface area contributed by atoms with Gasteiger partial charge in [0.15, 0.2) is 0 Å². The van der Waals surface area contributed by atoms with E-state index < -0.39 is 0 Å². The predicted molar refractivity (Wildman–Crippen MR) is 111 cm³/mol. The van der Waals surface area contributed by atoms with Crippen LogP contribution < -0.4 is 9.47 Å². The van der Waals surface area contributed by atoms with E-state index in [1.807, 2.05) is 0 Å². The van der Waals surface area contributed by atoms with Gasteiger partial charge in [0.25, 0.3) is 0 Å². The number of aryl methyl sites for hydroxylation is 2. The SMILES string of the molecule is Cc1ccc(C)c(-c2cn3c4ccccc4[n+](CC[NH+]4CCOCC4)c3[nH]2)c1. The average Bonchev–Trinajstić information content (AvgIpc) is 3.27. The molecule has 0 amide bonds. The molecule has 0 atom stereocenters. The maximum absolute atomic E-state index is 5.51. The first-order valence-corrected chi connectivity index (χ1v) is 10.2. The lowest BCUT2D eigenvalue weighted by molar-refractivity contribution is -0.923. The molecule has 0 unspecified atom stereocenters. The van der Waals surface area contributed by atoms with Crippen molar-refractivity contribution in [1.82, 2.24) is 9.38 Å². The molecule has 0 radical (unpaired) electrons. The Kier molecular flexibility index (Phi) is 4.41. The molecule has 0 saturated carbocycles. The second-order valence-electron chi connectivity index (χ2n) is 7.93. The molecule has 2 N–H and O–H groups in total. The van der Waals surface area contributed by atoms with Gasteiger partial charge in [0, 0.05) is 5.56 Å². The lowest BCUT2D eigenvalue weighted by Gasteiger charge is -2.23. The molecule has 5 nitrogen and oxygen atoms in total. The van der Waals surface area contributed by atoms with Crippen molar-refractivity contribution in [3.8, 4) is 11.3 Å². The van der Waals surface area contributed by atoms with E-state index >= 15 is 0 Å². The van der Waals surface area contributed by atoms with Crippen LogP contribution in [0.25, 0.3) is 28.1 Å². The molecule has 4 aromatic rings. The highest BCUT2D eigenvalue weighted by Crippen LogP contribution is 2.25. The van der Waals surface area contributed by atoms with E-state index in [0.29, 0.717) is 0 Å². The Morgan fingerprint density at radius 2 is 1.93 bits per heavy atom. The fourth-order valence-corrected chi connectivity index (χ4v) is 4.36. The topological polar surface area (TPSA) is 37.8 Å². The minimum atomic E-state index is 0.880. The number of rotatable bonds is 4. The molecular formula is C23H28N4O+2. The highest BCUT2D eigenvalue weighted by Gasteiger charge is 2.23. The van der Waals surface area contributed by atoms with E-state index in [0.717, 1.165) is 45.2 Å². The Labute approximate surface area is 165 Å². The highest BCUT2D eigenvalue weighted by atomic mass is 16.5. The fraction of sp³-hybridized carbons (Fsp3) is 0.348. The molecule has 2 aromatic carbocycles. The molecule has 5 rings (SSSR count). The van der Waals surface area contributed by atoms with Gasteiger partial charge in [0.1, 0.15) is 49.1 Å². The van der Waals surface area contributed by atoms with Gasteiger partial charge in [0.2, 0.25) is 0 Å². The number of fused-ring (bicyclic) bond motifs is 3. The van der Waals surface area contributed by atoms with Gasteiger partial charge in [-0.05, 0) is 37.6 Å². The quantitative estimate of drug-likeness (QED) is 0.525. The van der Waals surface area contributed by atoms with E-state index in [1.165, 1.54) is 33.4 Å². The van der Waals surface area contributed by atoms with Crippen molar-refractivity contribution in [2.45, 2.75) is 20.4 Å². The van der Waals surface area contributed by atoms with Crippen LogP contribution in [0.3, 0.4) is 0 Å². The lowest BCUT2D eigenvalue weighted by atomic mass is 10.0. The minimum Gasteiger partial charge on any atom is -0.370 e. The smallest absolute Gasteiger partial charge is 0.368 e. The predicted octanol–water partition coefficient (Wildman–Crippen LogP) is 1.91. The number of nitrogens with zero attached hydrogens (tertiary/aromatic N) is 2. The van der Waals surface area contributed by atoms with Gasteiger partial charge in [-0.15, -0.1) is 0 Å². The van der Waals surface area contributed by atoms with Gasteiger partial charge in [-0.25, -0.2) is 9.55 Å². The molecule has 1 saturated heterocycles. The number of aromatic amines is 1. The van der Waals surface area contributed by atoms with Crippen LogP contribution in [0.5, 0.6) is 0 Å². The number of hydrogen-bond donors (Lipinski definition) is 2. The van der Waals surface area contributed by atoms with E-state index in [4.69, 9.17) is 4.74 Å². The molecule has 5 heteroatoms. The Balaban J connectivity index is 1.59. The third kappa shape index (κ3) is 3.01. The van der Waals surface area contributed by atoms with Gasteiger partial charge in [-0.2, -0.15) is 4.40 Å². The van der Waals surface area contributed by atoms with Crippen LogP contribution >= 0.6 is 0 Å². The summed E-state index contributed by atoms with van der Waals surface area (Å²) in [6.07, 6.45) is 2.25. The zero-order chi connectivity index (χ0) is 19.1. The summed E-state index contributed by atoms with van der Waals surface area (Å²) < 4.78 is 10.3. The first-order chi connectivity index (χ1) is 13.7. The van der Waals surface area contributed by atoms with E-state index in [9.17, 15) is 0 Å². The number of aromatic nitrogens is 3. The molecule has 1 aliphatic rings. The van der Waals surface area contributed by atoms with Gasteiger partial charge in [-0.1, -0.05) is 29.8 Å². The number of hydrogen-bond acceptors (Lipinski definition) is 1. The van der Waals surface area contributed by atoms with Crippen LogP contribution in [-0.2, 0) is 11.3 Å². The summed E-state index contributed by atoms with van der Waals surface area (Å²) >= 11 is 0. The number of quaternary nitrogens is 1. The van der Waals surface area contributed by atoms with E-state index in [-0.39, 0.29) is 0 Å². The number of ether oxygens (including phenoxy) is 1. The molecule has 144 valence electrons. The molecule has 0 bridgehead atoms. The summed E-state index contributed by atoms with van der Waals surface area (Å²) in [5.41, 5.74) is 7.57. The van der Waals surface area contributed by atoms with Crippen LogP contribution in [0.1, 0.15) is 11.1 Å². The van der Waals surface area contributed by atoms with Crippen molar-refractivity contribution >= 4 is 16.8 Å². The highest BCUT2D eigenvalue weighted by molar-refractivity contribution is 5.77. The molecular weight excluding hydrogens is 348 g/mol. The van der Waals surface area contributed by atoms with Crippen LogP contribution in [0, 0.1) is 13.8 Å². The second kappa shape index (κ2) is 7.08. The van der Waals surface area contributed by atoms with Gasteiger partial charge < -0.3 is 9.64 Å². The first-order valence-electron chi connectivity index (χ1n) is 10.2. The third-order valence-corrected chi connectivity index (χ3v) is 5.99. The number of nitrogens with one attached hydrogen (secondary N) is 2. The monoisotopic (exact) mass is 376 g/mol. The summed E-state index contributed by atoms with van der Waals surface area (Å²) in [7, 11) is 0. The zero-order valence-corrected chi connectivity index (χ0v) is 16.7. The average molecular weight is 377 g/mol. The molecule has 0 spiro atoms. The van der Waals surface area contributed by atoms with Crippen molar-refractivity contribution < 1.29 is 14.2 Å². The van der Waals surface area contributed by atoms with Crippen molar-refractivity contribution in [1.29, 1.82) is 0 Å². The summed E-state index contributed by atoms with van der Waals surface area (Å²) in [4.78, 5) is 5.35. The van der Waals surface area contributed by atoms with E-state index in [1.54, 1.807) is 4.90 Å². The van der Waals surface area contributed by atoms with Crippen LogP contribution in [0.2, 0.25) is 0 Å². The number of morpholine rings is 1. The Morgan fingerprint density at radius 1 is 1.11 bits per heavy atom. The van der Waals surface area contributed by atoms with Crippen LogP contribution in [-0.4, -0.2) is 42.2 Å². The largest absolute Gasteiger partial charge is 0.370 e. The standard InChI is InChI=1S/C23H26N4O/c1-17-7-8-18(2)19(15-17)20-16-27-22-6-4-3-5-21(22)26(23(27)24-20)10-9-25-11-13-28-14-12-25/h3-8,15-16H,9-14H2,1-2H3/p+2.